The first kappa shape index (κ1) is 18.8. The average molecular weight is 367 g/mol. The van der Waals surface area contributed by atoms with Crippen molar-refractivity contribution in [1.29, 1.82) is 0 Å². The van der Waals surface area contributed by atoms with Crippen LogP contribution in [0.2, 0.25) is 0 Å². The van der Waals surface area contributed by atoms with E-state index in [1.807, 2.05) is 39.0 Å². The number of nitrogens with zero attached hydrogens (tertiary/aromatic N) is 4. The Labute approximate surface area is 159 Å². The summed E-state index contributed by atoms with van der Waals surface area (Å²) >= 11 is 0. The zero-order valence-electron chi connectivity index (χ0n) is 16.2. The highest BCUT2D eigenvalue weighted by Crippen LogP contribution is 2.26. The first-order valence-electron chi connectivity index (χ1n) is 9.23. The van der Waals surface area contributed by atoms with E-state index in [0.717, 1.165) is 23.2 Å². The minimum absolute atomic E-state index is 0.107. The minimum Gasteiger partial charge on any atom is -0.306 e. The van der Waals surface area contributed by atoms with Crippen LogP contribution in [0, 0.1) is 13.8 Å². The Morgan fingerprint density at radius 3 is 2.78 bits per heavy atom. The molecule has 1 atom stereocenters. The molecule has 1 aliphatic rings. The van der Waals surface area contributed by atoms with Gasteiger partial charge in [0.1, 0.15) is 11.5 Å². The van der Waals surface area contributed by atoms with Crippen LogP contribution in [0.15, 0.2) is 35.6 Å². The van der Waals surface area contributed by atoms with Crippen LogP contribution in [0.5, 0.6) is 0 Å². The van der Waals surface area contributed by atoms with Crippen molar-refractivity contribution in [3.8, 4) is 0 Å². The summed E-state index contributed by atoms with van der Waals surface area (Å²) in [4.78, 5) is 25.1. The van der Waals surface area contributed by atoms with E-state index >= 15 is 0 Å². The first-order valence-corrected chi connectivity index (χ1v) is 9.23. The lowest BCUT2D eigenvalue weighted by Gasteiger charge is -2.25. The fourth-order valence-electron chi connectivity index (χ4n) is 2.98. The van der Waals surface area contributed by atoms with Crippen LogP contribution in [-0.2, 0) is 9.59 Å². The van der Waals surface area contributed by atoms with Crippen molar-refractivity contribution in [2.75, 3.05) is 10.3 Å². The molecule has 0 saturated carbocycles. The number of hydrogen-bond acceptors (Lipinski definition) is 4. The lowest BCUT2D eigenvalue weighted by molar-refractivity contribution is -0.118. The summed E-state index contributed by atoms with van der Waals surface area (Å²) in [6.07, 6.45) is 3.14. The van der Waals surface area contributed by atoms with Crippen LogP contribution in [0.4, 0.5) is 11.5 Å². The van der Waals surface area contributed by atoms with Gasteiger partial charge in [-0.3, -0.25) is 9.59 Å². The Morgan fingerprint density at radius 1 is 1.26 bits per heavy atom. The van der Waals surface area contributed by atoms with Gasteiger partial charge in [-0.25, -0.2) is 9.69 Å². The molecule has 0 radical (unpaired) electrons. The van der Waals surface area contributed by atoms with Gasteiger partial charge in [-0.2, -0.15) is 10.2 Å². The van der Waals surface area contributed by atoms with Crippen molar-refractivity contribution < 1.29 is 9.59 Å². The molecule has 1 aromatic carbocycles. The lowest BCUT2D eigenvalue weighted by atomic mass is 10.1. The molecular weight excluding hydrogens is 342 g/mol. The summed E-state index contributed by atoms with van der Waals surface area (Å²) in [7, 11) is 0. The Hall–Kier alpha value is -2.96. The highest BCUT2D eigenvalue weighted by Gasteiger charge is 2.27. The molecule has 142 valence electrons. The Bertz CT molecular complexity index is 900. The van der Waals surface area contributed by atoms with Gasteiger partial charge in [-0.15, -0.1) is 0 Å². The van der Waals surface area contributed by atoms with Crippen molar-refractivity contribution in [1.82, 2.24) is 9.78 Å². The summed E-state index contributed by atoms with van der Waals surface area (Å²) in [6.45, 7) is 8.00. The highest BCUT2D eigenvalue weighted by molar-refractivity contribution is 6.44. The largest absolute Gasteiger partial charge is 0.306 e. The number of rotatable bonds is 5. The molecule has 2 amide bonds. The zero-order chi connectivity index (χ0) is 19.6. The molecule has 1 N–H and O–H groups in total. The standard InChI is InChI=1S/C20H25N5O2/c1-5-15(4)24-18(10-11-21-24)22-20(27)16-8-9-19(26)25(23-16)17-12-13(2)6-7-14(17)3/h6-7,10-12,15H,5,8-9H2,1-4H3,(H,22,27). The summed E-state index contributed by atoms with van der Waals surface area (Å²) in [5, 5.41) is 12.9. The minimum atomic E-state index is -0.303. The van der Waals surface area contributed by atoms with E-state index in [2.05, 4.69) is 22.4 Å². The number of anilines is 2. The van der Waals surface area contributed by atoms with Crippen LogP contribution < -0.4 is 10.3 Å². The van der Waals surface area contributed by atoms with Crippen molar-refractivity contribution in [2.24, 2.45) is 5.10 Å². The maximum Gasteiger partial charge on any atom is 0.273 e. The third-order valence-corrected chi connectivity index (χ3v) is 4.81. The fraction of sp³-hybridized carbons (Fsp3) is 0.400. The monoisotopic (exact) mass is 367 g/mol. The molecule has 1 aliphatic heterocycles. The second kappa shape index (κ2) is 7.73. The number of hydrazone groups is 1. The normalized spacial score (nSPS) is 15.5. The first-order chi connectivity index (χ1) is 12.9. The van der Waals surface area contributed by atoms with Gasteiger partial charge in [0.25, 0.3) is 5.91 Å². The van der Waals surface area contributed by atoms with E-state index in [-0.39, 0.29) is 24.3 Å². The summed E-state index contributed by atoms with van der Waals surface area (Å²) in [5.74, 6) is 0.222. The SMILES string of the molecule is CCC(C)n1nccc1NC(=O)C1=NN(c2cc(C)ccc2C)C(=O)CC1. The van der Waals surface area contributed by atoms with Gasteiger partial charge in [0.05, 0.1) is 17.9 Å². The number of hydrogen-bond donors (Lipinski definition) is 1. The summed E-state index contributed by atoms with van der Waals surface area (Å²) in [6, 6.07) is 7.79. The Morgan fingerprint density at radius 2 is 2.04 bits per heavy atom. The predicted octanol–water partition coefficient (Wildman–Crippen LogP) is 3.59. The summed E-state index contributed by atoms with van der Waals surface area (Å²) < 4.78 is 1.79. The number of carbonyl (C=O) groups is 2. The maximum atomic E-state index is 12.7. The van der Waals surface area contributed by atoms with Crippen LogP contribution >= 0.6 is 0 Å². The Balaban J connectivity index is 1.86. The van der Waals surface area contributed by atoms with E-state index in [1.54, 1.807) is 16.9 Å². The molecule has 1 aromatic heterocycles. The molecule has 2 heterocycles. The second-order valence-electron chi connectivity index (χ2n) is 6.91. The third-order valence-electron chi connectivity index (χ3n) is 4.81. The molecule has 2 aromatic rings. The molecule has 7 nitrogen and oxygen atoms in total. The van der Waals surface area contributed by atoms with Gasteiger partial charge in [-0.05, 0) is 44.4 Å². The molecule has 0 spiro atoms. The average Bonchev–Trinajstić information content (AvgIpc) is 3.11. The van der Waals surface area contributed by atoms with E-state index in [0.29, 0.717) is 18.0 Å². The molecule has 1 unspecified atom stereocenters. The van der Waals surface area contributed by atoms with Gasteiger partial charge in [0.2, 0.25) is 5.91 Å². The number of nitrogens with one attached hydrogen (secondary N) is 1. The summed E-state index contributed by atoms with van der Waals surface area (Å²) in [5.41, 5.74) is 3.03. The smallest absolute Gasteiger partial charge is 0.273 e. The van der Waals surface area contributed by atoms with E-state index in [4.69, 9.17) is 0 Å². The second-order valence-corrected chi connectivity index (χ2v) is 6.91. The molecular formula is C20H25N5O2. The van der Waals surface area contributed by atoms with Crippen LogP contribution in [-0.4, -0.2) is 27.3 Å². The quantitative estimate of drug-likeness (QED) is 0.877. The van der Waals surface area contributed by atoms with Crippen LogP contribution in [0.3, 0.4) is 0 Å². The predicted molar refractivity (Wildman–Crippen MR) is 106 cm³/mol. The number of benzene rings is 1. The van der Waals surface area contributed by atoms with Gasteiger partial charge in [0.15, 0.2) is 0 Å². The molecule has 0 bridgehead atoms. The lowest BCUT2D eigenvalue weighted by Crippen LogP contribution is -2.37. The van der Waals surface area contributed by atoms with Crippen molar-refractivity contribution in [2.45, 2.75) is 53.0 Å². The number of amides is 2. The number of aromatic nitrogens is 2. The fourth-order valence-corrected chi connectivity index (χ4v) is 2.98. The number of carbonyl (C=O) groups excluding carboxylic acids is 2. The molecule has 7 heteroatoms. The third kappa shape index (κ3) is 3.92. The van der Waals surface area contributed by atoms with Crippen molar-refractivity contribution in [3.05, 3.63) is 41.6 Å². The number of aryl methyl sites for hydroxylation is 2. The van der Waals surface area contributed by atoms with E-state index in [9.17, 15) is 9.59 Å². The van der Waals surface area contributed by atoms with E-state index < -0.39 is 0 Å². The Kier molecular flexibility index (Phi) is 5.39. The molecule has 0 fully saturated rings. The van der Waals surface area contributed by atoms with Crippen molar-refractivity contribution in [3.63, 3.8) is 0 Å². The van der Waals surface area contributed by atoms with Gasteiger partial charge >= 0.3 is 0 Å². The van der Waals surface area contributed by atoms with E-state index in [1.165, 1.54) is 5.01 Å². The highest BCUT2D eigenvalue weighted by atomic mass is 16.2. The van der Waals surface area contributed by atoms with Crippen LogP contribution in [0.1, 0.15) is 50.3 Å². The van der Waals surface area contributed by atoms with Crippen LogP contribution in [0.25, 0.3) is 0 Å². The van der Waals surface area contributed by atoms with Gasteiger partial charge in [0, 0.05) is 18.9 Å². The molecule has 0 aliphatic carbocycles. The maximum absolute atomic E-state index is 12.7. The molecule has 27 heavy (non-hydrogen) atoms. The van der Waals surface area contributed by atoms with Gasteiger partial charge < -0.3 is 5.32 Å². The molecule has 0 saturated heterocycles. The van der Waals surface area contributed by atoms with Gasteiger partial charge in [-0.1, -0.05) is 19.1 Å². The topological polar surface area (TPSA) is 79.6 Å². The zero-order valence-corrected chi connectivity index (χ0v) is 16.2. The van der Waals surface area contributed by atoms with Crippen molar-refractivity contribution >= 4 is 29.0 Å². The molecule has 3 rings (SSSR count).